The first-order valence-electron chi connectivity index (χ1n) is 6.30. The summed E-state index contributed by atoms with van der Waals surface area (Å²) in [5, 5.41) is 0. The number of amides is 1. The van der Waals surface area contributed by atoms with Gasteiger partial charge in [-0.05, 0) is 31.1 Å². The lowest BCUT2D eigenvalue weighted by molar-refractivity contribution is -0.120. The third-order valence-electron chi connectivity index (χ3n) is 4.67. The van der Waals surface area contributed by atoms with Gasteiger partial charge < -0.3 is 4.90 Å². The Morgan fingerprint density at radius 2 is 1.80 bits per heavy atom. The average molecular weight is 208 g/mol. The standard InChI is InChI=1S/C12H20N2O/c15-9-13-3-5-14(6-4-13)12-8-10-1-2-11(12)7-10/h9-12H,1-8H2/t10-,11-,12+/m0/s1. The third-order valence-corrected chi connectivity index (χ3v) is 4.67. The summed E-state index contributed by atoms with van der Waals surface area (Å²) in [7, 11) is 0. The van der Waals surface area contributed by atoms with Crippen LogP contribution >= 0.6 is 0 Å². The Labute approximate surface area is 91.4 Å². The van der Waals surface area contributed by atoms with E-state index in [1.54, 1.807) is 0 Å². The van der Waals surface area contributed by atoms with Gasteiger partial charge in [-0.15, -0.1) is 0 Å². The van der Waals surface area contributed by atoms with Crippen molar-refractivity contribution in [1.82, 2.24) is 9.80 Å². The predicted molar refractivity (Wildman–Crippen MR) is 58.4 cm³/mol. The van der Waals surface area contributed by atoms with E-state index in [-0.39, 0.29) is 0 Å². The Balaban J connectivity index is 1.58. The maximum atomic E-state index is 10.6. The highest BCUT2D eigenvalue weighted by Gasteiger charge is 2.42. The molecule has 2 saturated carbocycles. The van der Waals surface area contributed by atoms with E-state index in [0.717, 1.165) is 50.5 Å². The van der Waals surface area contributed by atoms with Gasteiger partial charge in [0.2, 0.25) is 6.41 Å². The van der Waals surface area contributed by atoms with Crippen molar-refractivity contribution < 1.29 is 4.79 Å². The van der Waals surface area contributed by atoms with E-state index in [4.69, 9.17) is 0 Å². The summed E-state index contributed by atoms with van der Waals surface area (Å²) in [5.41, 5.74) is 0. The molecule has 3 fully saturated rings. The Hall–Kier alpha value is -0.570. The lowest BCUT2D eigenvalue weighted by Crippen LogP contribution is -2.51. The van der Waals surface area contributed by atoms with Crippen LogP contribution in [0, 0.1) is 11.8 Å². The number of nitrogens with zero attached hydrogens (tertiary/aromatic N) is 2. The van der Waals surface area contributed by atoms with Crippen molar-refractivity contribution >= 4 is 6.41 Å². The third kappa shape index (κ3) is 1.67. The van der Waals surface area contributed by atoms with Crippen LogP contribution < -0.4 is 0 Å². The molecule has 3 nitrogen and oxygen atoms in total. The van der Waals surface area contributed by atoms with Gasteiger partial charge in [0.25, 0.3) is 0 Å². The summed E-state index contributed by atoms with van der Waals surface area (Å²) in [5.74, 6) is 2.02. The molecule has 0 radical (unpaired) electrons. The molecule has 3 rings (SSSR count). The highest BCUT2D eigenvalue weighted by Crippen LogP contribution is 2.46. The van der Waals surface area contributed by atoms with E-state index >= 15 is 0 Å². The van der Waals surface area contributed by atoms with Crippen LogP contribution in [0.25, 0.3) is 0 Å². The number of carbonyl (C=O) groups is 1. The van der Waals surface area contributed by atoms with Gasteiger partial charge in [0, 0.05) is 32.2 Å². The van der Waals surface area contributed by atoms with E-state index in [9.17, 15) is 4.79 Å². The number of hydrogen-bond donors (Lipinski definition) is 0. The molecule has 0 N–H and O–H groups in total. The Kier molecular flexibility index (Phi) is 2.43. The molecule has 2 bridgehead atoms. The summed E-state index contributed by atoms with van der Waals surface area (Å²) in [6.45, 7) is 4.09. The van der Waals surface area contributed by atoms with Gasteiger partial charge in [0.1, 0.15) is 0 Å². The molecule has 84 valence electrons. The van der Waals surface area contributed by atoms with Gasteiger partial charge in [0.15, 0.2) is 0 Å². The van der Waals surface area contributed by atoms with E-state index in [1.165, 1.54) is 25.7 Å². The number of hydrogen-bond acceptors (Lipinski definition) is 2. The van der Waals surface area contributed by atoms with Gasteiger partial charge in [-0.2, -0.15) is 0 Å². The highest BCUT2D eigenvalue weighted by molar-refractivity contribution is 5.47. The summed E-state index contributed by atoms with van der Waals surface area (Å²) < 4.78 is 0. The van der Waals surface area contributed by atoms with Crippen molar-refractivity contribution in [2.45, 2.75) is 31.7 Å². The lowest BCUT2D eigenvalue weighted by Gasteiger charge is -2.39. The lowest BCUT2D eigenvalue weighted by atomic mass is 9.93. The summed E-state index contributed by atoms with van der Waals surface area (Å²) in [6.07, 6.45) is 6.86. The molecule has 1 saturated heterocycles. The number of carbonyl (C=O) groups excluding carboxylic acids is 1. The van der Waals surface area contributed by atoms with Crippen LogP contribution in [-0.4, -0.2) is 48.4 Å². The SMILES string of the molecule is O=CN1CCN([C@@H]2C[C@H]3CC[C@H]2C3)CC1. The van der Waals surface area contributed by atoms with Crippen molar-refractivity contribution in [2.75, 3.05) is 26.2 Å². The molecule has 0 unspecified atom stereocenters. The molecule has 15 heavy (non-hydrogen) atoms. The van der Waals surface area contributed by atoms with Crippen molar-refractivity contribution in [3.8, 4) is 0 Å². The molecule has 3 aliphatic rings. The van der Waals surface area contributed by atoms with E-state index < -0.39 is 0 Å². The molecule has 3 atom stereocenters. The van der Waals surface area contributed by atoms with Gasteiger partial charge in [0.05, 0.1) is 0 Å². The van der Waals surface area contributed by atoms with Gasteiger partial charge in [-0.1, -0.05) is 6.42 Å². The van der Waals surface area contributed by atoms with Crippen molar-refractivity contribution in [3.63, 3.8) is 0 Å². The first kappa shape index (κ1) is 9.64. The predicted octanol–water partition coefficient (Wildman–Crippen LogP) is 0.949. The second kappa shape index (κ2) is 3.78. The zero-order valence-corrected chi connectivity index (χ0v) is 9.27. The van der Waals surface area contributed by atoms with Crippen LogP contribution in [0.2, 0.25) is 0 Å². The largest absolute Gasteiger partial charge is 0.343 e. The molecule has 0 aromatic rings. The highest BCUT2D eigenvalue weighted by atomic mass is 16.1. The molecule has 1 amide bonds. The molecule has 0 aromatic carbocycles. The smallest absolute Gasteiger partial charge is 0.209 e. The first-order chi connectivity index (χ1) is 7.36. The fourth-order valence-electron chi connectivity index (χ4n) is 3.83. The Morgan fingerprint density at radius 3 is 2.33 bits per heavy atom. The molecule has 0 aromatic heterocycles. The van der Waals surface area contributed by atoms with Gasteiger partial charge in [-0.25, -0.2) is 0 Å². The van der Waals surface area contributed by atoms with Gasteiger partial charge in [-0.3, -0.25) is 9.69 Å². The fraction of sp³-hybridized carbons (Fsp3) is 0.917. The van der Waals surface area contributed by atoms with Crippen LogP contribution in [0.5, 0.6) is 0 Å². The minimum absolute atomic E-state index is 0.859. The average Bonchev–Trinajstić information content (AvgIpc) is 2.91. The van der Waals surface area contributed by atoms with Crippen LogP contribution in [0.4, 0.5) is 0 Å². The molecular formula is C12H20N2O. The molecule has 3 heteroatoms. The van der Waals surface area contributed by atoms with Crippen LogP contribution in [0.3, 0.4) is 0 Å². The normalized spacial score (nSPS) is 41.1. The maximum Gasteiger partial charge on any atom is 0.209 e. The summed E-state index contributed by atoms with van der Waals surface area (Å²) in [6, 6.07) is 0.859. The van der Waals surface area contributed by atoms with Crippen LogP contribution in [0.15, 0.2) is 0 Å². The zero-order chi connectivity index (χ0) is 10.3. The van der Waals surface area contributed by atoms with Crippen molar-refractivity contribution in [2.24, 2.45) is 11.8 Å². The monoisotopic (exact) mass is 208 g/mol. The van der Waals surface area contributed by atoms with E-state index in [0.29, 0.717) is 0 Å². The minimum atomic E-state index is 0.859. The van der Waals surface area contributed by atoms with E-state index in [2.05, 4.69) is 4.90 Å². The maximum absolute atomic E-state index is 10.6. The quantitative estimate of drug-likeness (QED) is 0.631. The molecule has 2 aliphatic carbocycles. The molecule has 1 heterocycles. The molecule has 1 aliphatic heterocycles. The Bertz CT molecular complexity index is 248. The van der Waals surface area contributed by atoms with Crippen molar-refractivity contribution in [1.29, 1.82) is 0 Å². The minimum Gasteiger partial charge on any atom is -0.343 e. The number of piperazine rings is 1. The van der Waals surface area contributed by atoms with Crippen molar-refractivity contribution in [3.05, 3.63) is 0 Å². The van der Waals surface area contributed by atoms with Gasteiger partial charge >= 0.3 is 0 Å². The van der Waals surface area contributed by atoms with E-state index in [1.807, 2.05) is 4.90 Å². The molecule has 0 spiro atoms. The van der Waals surface area contributed by atoms with Crippen LogP contribution in [-0.2, 0) is 4.79 Å². The zero-order valence-electron chi connectivity index (χ0n) is 9.27. The second-order valence-electron chi connectivity index (χ2n) is 5.42. The first-order valence-corrected chi connectivity index (χ1v) is 6.30. The topological polar surface area (TPSA) is 23.6 Å². The second-order valence-corrected chi connectivity index (χ2v) is 5.42. The summed E-state index contributed by atoms with van der Waals surface area (Å²) >= 11 is 0. The Morgan fingerprint density at radius 1 is 1.00 bits per heavy atom. The number of rotatable bonds is 2. The van der Waals surface area contributed by atoms with Crippen LogP contribution in [0.1, 0.15) is 25.7 Å². The number of fused-ring (bicyclic) bond motifs is 2. The fourth-order valence-corrected chi connectivity index (χ4v) is 3.83. The molecular weight excluding hydrogens is 188 g/mol. The summed E-state index contributed by atoms with van der Waals surface area (Å²) in [4.78, 5) is 15.2.